The first kappa shape index (κ1) is 20.9. The van der Waals surface area contributed by atoms with Gasteiger partial charge in [0.05, 0.1) is 0 Å². The Bertz CT molecular complexity index is 827. The molecule has 2 aromatic rings. The third-order valence-electron chi connectivity index (χ3n) is 5.02. The topological polar surface area (TPSA) is 49.3 Å². The second kappa shape index (κ2) is 9.10. The molecule has 150 valence electrons. The van der Waals surface area contributed by atoms with Gasteiger partial charge in [0.2, 0.25) is 0 Å². The highest BCUT2D eigenvalue weighted by Crippen LogP contribution is 2.31. The van der Waals surface area contributed by atoms with Crippen LogP contribution in [0, 0.1) is 6.92 Å². The molecule has 0 saturated carbocycles. The number of alkyl halides is 2. The molecule has 7 heteroatoms. The number of nitrogens with zero attached hydrogens (tertiary/aromatic N) is 4. The van der Waals surface area contributed by atoms with Crippen LogP contribution in [0.3, 0.4) is 0 Å². The van der Waals surface area contributed by atoms with Crippen LogP contribution in [-0.4, -0.2) is 51.8 Å². The largest absolute Gasteiger partial charge is 0.354 e. The maximum absolute atomic E-state index is 12.2. The first-order valence-corrected chi connectivity index (χ1v) is 10.5. The molecule has 0 spiro atoms. The minimum absolute atomic E-state index is 0.224. The summed E-state index contributed by atoms with van der Waals surface area (Å²) >= 11 is 11.6. The van der Waals surface area contributed by atoms with Crippen LogP contribution in [0.25, 0.3) is 11.4 Å². The highest BCUT2D eigenvalue weighted by molar-refractivity contribution is 6.53. The number of carbonyl (C=O) groups excluding carboxylic acids is 1. The summed E-state index contributed by atoms with van der Waals surface area (Å²) in [5.74, 6) is 1.77. The van der Waals surface area contributed by atoms with Gasteiger partial charge in [-0.1, -0.05) is 67.4 Å². The van der Waals surface area contributed by atoms with E-state index in [9.17, 15) is 4.79 Å². The summed E-state index contributed by atoms with van der Waals surface area (Å²) in [6, 6.07) is 10.0. The van der Waals surface area contributed by atoms with E-state index in [2.05, 4.69) is 18.7 Å². The van der Waals surface area contributed by atoms with Crippen LogP contribution in [0.5, 0.6) is 0 Å². The summed E-state index contributed by atoms with van der Waals surface area (Å²) < 4.78 is 0. The monoisotopic (exact) mass is 420 g/mol. The molecule has 1 aromatic heterocycles. The van der Waals surface area contributed by atoms with Crippen LogP contribution in [0.15, 0.2) is 30.3 Å². The highest BCUT2D eigenvalue weighted by atomic mass is 35.5. The van der Waals surface area contributed by atoms with Crippen molar-refractivity contribution in [2.45, 2.75) is 37.9 Å². The molecule has 1 aliphatic heterocycles. The molecule has 0 radical (unpaired) electrons. The van der Waals surface area contributed by atoms with Crippen LogP contribution in [0.4, 0.5) is 5.82 Å². The number of amides is 1. The van der Waals surface area contributed by atoms with E-state index in [0.29, 0.717) is 25.6 Å². The van der Waals surface area contributed by atoms with Gasteiger partial charge in [0, 0.05) is 43.0 Å². The Morgan fingerprint density at radius 3 is 2.39 bits per heavy atom. The van der Waals surface area contributed by atoms with E-state index in [1.165, 1.54) is 0 Å². The van der Waals surface area contributed by atoms with Gasteiger partial charge in [0.25, 0.3) is 5.91 Å². The minimum atomic E-state index is -1.01. The van der Waals surface area contributed by atoms with E-state index in [-0.39, 0.29) is 5.91 Å². The van der Waals surface area contributed by atoms with Gasteiger partial charge in [0.15, 0.2) is 10.7 Å². The van der Waals surface area contributed by atoms with Gasteiger partial charge < -0.3 is 9.80 Å². The SMILES string of the molecule is Cc1nc(-c2ccccc2)nc(N2CCCN(C(=O)C(Cl)Cl)CC2)c1C(C)C. The van der Waals surface area contributed by atoms with Gasteiger partial charge in [0.1, 0.15) is 5.82 Å². The lowest BCUT2D eigenvalue weighted by molar-refractivity contribution is -0.129. The van der Waals surface area contributed by atoms with Crippen LogP contribution in [0.1, 0.15) is 37.4 Å². The van der Waals surface area contributed by atoms with E-state index < -0.39 is 4.84 Å². The number of aromatic nitrogens is 2. The average Bonchev–Trinajstić information content (AvgIpc) is 2.93. The predicted octanol–water partition coefficient (Wildman–Crippen LogP) is 4.42. The highest BCUT2D eigenvalue weighted by Gasteiger charge is 2.26. The zero-order chi connectivity index (χ0) is 20.3. The Hall–Kier alpha value is -1.85. The van der Waals surface area contributed by atoms with Crippen molar-refractivity contribution in [3.8, 4) is 11.4 Å². The predicted molar refractivity (Wildman–Crippen MR) is 115 cm³/mol. The molecule has 2 heterocycles. The fourth-order valence-electron chi connectivity index (χ4n) is 3.69. The number of rotatable bonds is 4. The molecule has 0 unspecified atom stereocenters. The fourth-order valence-corrected chi connectivity index (χ4v) is 3.96. The molecule has 1 aromatic carbocycles. The maximum atomic E-state index is 12.2. The maximum Gasteiger partial charge on any atom is 0.255 e. The number of hydrogen-bond acceptors (Lipinski definition) is 4. The number of hydrogen-bond donors (Lipinski definition) is 0. The van der Waals surface area contributed by atoms with E-state index in [1.807, 2.05) is 37.3 Å². The summed E-state index contributed by atoms with van der Waals surface area (Å²) in [5.41, 5.74) is 3.16. The van der Waals surface area contributed by atoms with E-state index in [4.69, 9.17) is 33.2 Å². The Labute approximate surface area is 176 Å². The molecule has 1 fully saturated rings. The van der Waals surface area contributed by atoms with Gasteiger partial charge in [-0.05, 0) is 19.3 Å². The summed E-state index contributed by atoms with van der Waals surface area (Å²) in [6.45, 7) is 9.12. The Morgan fingerprint density at radius 1 is 1.04 bits per heavy atom. The number of aryl methyl sites for hydroxylation is 1. The molecule has 0 atom stereocenters. The van der Waals surface area contributed by atoms with Crippen molar-refractivity contribution >= 4 is 34.9 Å². The van der Waals surface area contributed by atoms with Crippen molar-refractivity contribution in [3.05, 3.63) is 41.6 Å². The number of benzene rings is 1. The summed E-state index contributed by atoms with van der Waals surface area (Å²) in [7, 11) is 0. The van der Waals surface area contributed by atoms with Crippen molar-refractivity contribution < 1.29 is 4.79 Å². The Kier molecular flexibility index (Phi) is 6.78. The third-order valence-corrected chi connectivity index (χ3v) is 5.39. The van der Waals surface area contributed by atoms with Gasteiger partial charge in [-0.2, -0.15) is 0 Å². The molecular formula is C21H26Cl2N4O. The Balaban J connectivity index is 1.95. The van der Waals surface area contributed by atoms with Crippen molar-refractivity contribution in [3.63, 3.8) is 0 Å². The molecule has 28 heavy (non-hydrogen) atoms. The standard InChI is InChI=1S/C21H26Cl2N4O/c1-14(2)17-15(3)24-19(16-8-5-4-6-9-16)25-20(17)26-10-7-11-27(13-12-26)21(28)18(22)23/h4-6,8-9,14,18H,7,10-13H2,1-3H3. The molecular weight excluding hydrogens is 395 g/mol. The molecule has 0 N–H and O–H groups in total. The van der Waals surface area contributed by atoms with E-state index in [0.717, 1.165) is 41.4 Å². The van der Waals surface area contributed by atoms with Crippen molar-refractivity contribution in [1.29, 1.82) is 0 Å². The van der Waals surface area contributed by atoms with Crippen molar-refractivity contribution in [2.24, 2.45) is 0 Å². The fraction of sp³-hybridized carbons (Fsp3) is 0.476. The summed E-state index contributed by atoms with van der Waals surface area (Å²) in [6.07, 6.45) is 0.841. The van der Waals surface area contributed by atoms with E-state index >= 15 is 0 Å². The lowest BCUT2D eigenvalue weighted by Crippen LogP contribution is -2.38. The van der Waals surface area contributed by atoms with Crippen molar-refractivity contribution in [1.82, 2.24) is 14.9 Å². The number of anilines is 1. The zero-order valence-corrected chi connectivity index (χ0v) is 18.0. The van der Waals surface area contributed by atoms with Gasteiger partial charge in [-0.3, -0.25) is 4.79 Å². The second-order valence-corrected chi connectivity index (χ2v) is 8.45. The van der Waals surface area contributed by atoms with E-state index in [1.54, 1.807) is 4.90 Å². The van der Waals surface area contributed by atoms with Gasteiger partial charge in [-0.25, -0.2) is 9.97 Å². The summed E-state index contributed by atoms with van der Waals surface area (Å²) in [5, 5.41) is 0. The first-order chi connectivity index (χ1) is 13.4. The van der Waals surface area contributed by atoms with Crippen LogP contribution < -0.4 is 4.90 Å². The molecule has 0 aliphatic carbocycles. The molecule has 1 amide bonds. The smallest absolute Gasteiger partial charge is 0.255 e. The number of halogens is 2. The number of carbonyl (C=O) groups is 1. The molecule has 1 saturated heterocycles. The van der Waals surface area contributed by atoms with Crippen LogP contribution >= 0.6 is 23.2 Å². The molecule has 1 aliphatic rings. The molecule has 3 rings (SSSR count). The van der Waals surface area contributed by atoms with Crippen LogP contribution in [-0.2, 0) is 4.79 Å². The average molecular weight is 421 g/mol. The first-order valence-electron chi connectivity index (χ1n) is 9.64. The van der Waals surface area contributed by atoms with Crippen LogP contribution in [0.2, 0.25) is 0 Å². The zero-order valence-electron chi connectivity index (χ0n) is 16.5. The minimum Gasteiger partial charge on any atom is -0.354 e. The quantitative estimate of drug-likeness (QED) is 0.686. The molecule has 5 nitrogen and oxygen atoms in total. The van der Waals surface area contributed by atoms with Crippen molar-refractivity contribution in [2.75, 3.05) is 31.1 Å². The third kappa shape index (κ3) is 4.58. The van der Waals surface area contributed by atoms with Gasteiger partial charge in [-0.15, -0.1) is 0 Å². The Morgan fingerprint density at radius 2 is 1.75 bits per heavy atom. The summed E-state index contributed by atoms with van der Waals surface area (Å²) in [4.78, 5) is 24.9. The lowest BCUT2D eigenvalue weighted by Gasteiger charge is -2.27. The normalized spacial score (nSPS) is 15.2. The molecule has 0 bridgehead atoms. The van der Waals surface area contributed by atoms with Gasteiger partial charge >= 0.3 is 0 Å². The second-order valence-electron chi connectivity index (χ2n) is 7.36. The lowest BCUT2D eigenvalue weighted by atomic mass is 10.0.